The van der Waals surface area contributed by atoms with Crippen LogP contribution in [0.3, 0.4) is 0 Å². The lowest BCUT2D eigenvalue weighted by Gasteiger charge is -2.11. The van der Waals surface area contributed by atoms with Gasteiger partial charge >= 0.3 is 5.97 Å². The molecule has 0 saturated carbocycles. The van der Waals surface area contributed by atoms with Gasteiger partial charge in [-0.3, -0.25) is 0 Å². The largest absolute Gasteiger partial charge is 0.494 e. The first-order valence-electron chi connectivity index (χ1n) is 10.7. The van der Waals surface area contributed by atoms with Gasteiger partial charge in [-0.05, 0) is 80.9 Å². The molecule has 0 unspecified atom stereocenters. The van der Waals surface area contributed by atoms with Crippen molar-refractivity contribution < 1.29 is 27.4 Å². The van der Waals surface area contributed by atoms with Gasteiger partial charge in [-0.25, -0.2) is 9.63 Å². The fourth-order valence-electron chi connectivity index (χ4n) is 2.91. The van der Waals surface area contributed by atoms with Crippen molar-refractivity contribution in [2.45, 2.75) is 25.7 Å². The fourth-order valence-corrected chi connectivity index (χ4v) is 3.70. The van der Waals surface area contributed by atoms with E-state index in [0.717, 1.165) is 5.56 Å². The number of esters is 1. The maximum atomic E-state index is 12.5. The predicted molar refractivity (Wildman–Crippen MR) is 129 cm³/mol. The van der Waals surface area contributed by atoms with Gasteiger partial charge in [0.1, 0.15) is 5.75 Å². The summed E-state index contributed by atoms with van der Waals surface area (Å²) in [5.41, 5.74) is 1.87. The fraction of sp³-hybridized carbons (Fsp3) is 0.200. The third-order valence-electron chi connectivity index (χ3n) is 4.59. The van der Waals surface area contributed by atoms with E-state index >= 15 is 0 Å². The van der Waals surface area contributed by atoms with Crippen LogP contribution in [0.2, 0.25) is 0 Å². The number of ether oxygens (including phenoxy) is 3. The average Bonchev–Trinajstić information content (AvgIpc) is 2.81. The van der Waals surface area contributed by atoms with Gasteiger partial charge in [0.15, 0.2) is 11.5 Å². The molecule has 8 nitrogen and oxygen atoms in total. The maximum absolute atomic E-state index is 12.5. The molecule has 0 fully saturated rings. The number of hydrogen-bond acceptors (Lipinski definition) is 7. The standard InChI is InChI=1S/C25H26N2O6S/c1-4-31-21-11-9-20(10-12-21)25(28)33-23-15-8-19(16-24(23)32-5-2)17-26-27-34(29,30)22-13-6-18(3)7-14-22/h6-17,27H,4-5H2,1-3H3/b26-17-. The van der Waals surface area contributed by atoms with Gasteiger partial charge in [-0.1, -0.05) is 17.7 Å². The Labute approximate surface area is 199 Å². The number of aryl methyl sites for hydroxylation is 1. The number of hydrazone groups is 1. The first-order valence-corrected chi connectivity index (χ1v) is 12.1. The molecule has 0 heterocycles. The summed E-state index contributed by atoms with van der Waals surface area (Å²) in [5.74, 6) is 0.678. The highest BCUT2D eigenvalue weighted by molar-refractivity contribution is 7.89. The van der Waals surface area contributed by atoms with Gasteiger partial charge in [0.25, 0.3) is 10.0 Å². The van der Waals surface area contributed by atoms with Crippen molar-refractivity contribution in [2.24, 2.45) is 5.10 Å². The summed E-state index contributed by atoms with van der Waals surface area (Å²) in [5, 5.41) is 3.84. The minimum absolute atomic E-state index is 0.113. The second kappa shape index (κ2) is 11.3. The molecule has 0 amide bonds. The Bertz CT molecular complexity index is 1250. The summed E-state index contributed by atoms with van der Waals surface area (Å²) in [6.07, 6.45) is 1.34. The zero-order valence-corrected chi connectivity index (χ0v) is 20.0. The molecule has 0 atom stereocenters. The topological polar surface area (TPSA) is 103 Å². The molecule has 0 radical (unpaired) electrons. The van der Waals surface area contributed by atoms with E-state index in [2.05, 4.69) is 9.93 Å². The quantitative estimate of drug-likeness (QED) is 0.200. The van der Waals surface area contributed by atoms with E-state index in [1.165, 1.54) is 18.3 Å². The van der Waals surface area contributed by atoms with Gasteiger partial charge in [0.05, 0.1) is 29.9 Å². The molecule has 1 N–H and O–H groups in total. The van der Waals surface area contributed by atoms with Crippen LogP contribution in [-0.4, -0.2) is 33.8 Å². The second-order valence-corrected chi connectivity index (χ2v) is 8.81. The molecule has 9 heteroatoms. The van der Waals surface area contributed by atoms with Crippen molar-refractivity contribution in [1.29, 1.82) is 0 Å². The Kier molecular flexibility index (Phi) is 8.26. The molecule has 0 aromatic heterocycles. The van der Waals surface area contributed by atoms with Crippen LogP contribution >= 0.6 is 0 Å². The maximum Gasteiger partial charge on any atom is 0.343 e. The van der Waals surface area contributed by atoms with Gasteiger partial charge in [-0.15, -0.1) is 0 Å². The van der Waals surface area contributed by atoms with Crippen LogP contribution in [0.4, 0.5) is 0 Å². The second-order valence-electron chi connectivity index (χ2n) is 7.15. The Balaban J connectivity index is 1.71. The van der Waals surface area contributed by atoms with Crippen LogP contribution in [0, 0.1) is 6.92 Å². The van der Waals surface area contributed by atoms with E-state index in [0.29, 0.717) is 35.8 Å². The molecule has 178 valence electrons. The van der Waals surface area contributed by atoms with E-state index in [4.69, 9.17) is 14.2 Å². The van der Waals surface area contributed by atoms with Crippen LogP contribution in [-0.2, 0) is 10.0 Å². The number of benzene rings is 3. The average molecular weight is 483 g/mol. The minimum atomic E-state index is -3.79. The Hall–Kier alpha value is -3.85. The van der Waals surface area contributed by atoms with E-state index in [9.17, 15) is 13.2 Å². The first kappa shape index (κ1) is 24.8. The molecule has 0 aliphatic carbocycles. The van der Waals surface area contributed by atoms with Crippen molar-refractivity contribution in [3.05, 3.63) is 83.4 Å². The van der Waals surface area contributed by atoms with Crippen LogP contribution in [0.1, 0.15) is 35.3 Å². The zero-order chi connectivity index (χ0) is 24.6. The first-order chi connectivity index (χ1) is 16.3. The lowest BCUT2D eigenvalue weighted by Crippen LogP contribution is -2.18. The lowest BCUT2D eigenvalue weighted by atomic mass is 10.2. The van der Waals surface area contributed by atoms with Crippen LogP contribution < -0.4 is 19.0 Å². The van der Waals surface area contributed by atoms with Crippen molar-refractivity contribution in [1.82, 2.24) is 4.83 Å². The molecular weight excluding hydrogens is 456 g/mol. The van der Waals surface area contributed by atoms with Crippen LogP contribution in [0.5, 0.6) is 17.2 Å². The van der Waals surface area contributed by atoms with Crippen molar-refractivity contribution >= 4 is 22.2 Å². The summed E-state index contributed by atoms with van der Waals surface area (Å²) in [7, 11) is -3.79. The highest BCUT2D eigenvalue weighted by Gasteiger charge is 2.14. The number of sulfonamides is 1. The number of nitrogens with one attached hydrogen (secondary N) is 1. The molecule has 0 bridgehead atoms. The van der Waals surface area contributed by atoms with Crippen molar-refractivity contribution in [3.8, 4) is 17.2 Å². The van der Waals surface area contributed by atoms with E-state index in [-0.39, 0.29) is 10.6 Å². The van der Waals surface area contributed by atoms with Crippen LogP contribution in [0.15, 0.2) is 76.7 Å². The molecule has 0 aliphatic heterocycles. The highest BCUT2D eigenvalue weighted by Crippen LogP contribution is 2.29. The van der Waals surface area contributed by atoms with Crippen molar-refractivity contribution in [2.75, 3.05) is 13.2 Å². The molecule has 3 rings (SSSR count). The Morgan fingerprint density at radius 1 is 0.912 bits per heavy atom. The number of rotatable bonds is 10. The SMILES string of the molecule is CCOc1ccc(C(=O)Oc2ccc(/C=N\NS(=O)(=O)c3ccc(C)cc3)cc2OCC)cc1. The lowest BCUT2D eigenvalue weighted by molar-refractivity contribution is 0.0728. The molecule has 0 spiro atoms. The Morgan fingerprint density at radius 3 is 2.24 bits per heavy atom. The number of carbonyl (C=O) groups is 1. The normalized spacial score (nSPS) is 11.3. The molecule has 0 aliphatic rings. The zero-order valence-electron chi connectivity index (χ0n) is 19.1. The van der Waals surface area contributed by atoms with E-state index < -0.39 is 16.0 Å². The summed E-state index contributed by atoms with van der Waals surface area (Å²) in [6.45, 7) is 6.43. The summed E-state index contributed by atoms with van der Waals surface area (Å²) in [6, 6.07) is 17.9. The van der Waals surface area contributed by atoms with Gasteiger partial charge < -0.3 is 14.2 Å². The number of hydrogen-bond donors (Lipinski definition) is 1. The Morgan fingerprint density at radius 2 is 1.59 bits per heavy atom. The van der Waals surface area contributed by atoms with Crippen LogP contribution in [0.25, 0.3) is 0 Å². The summed E-state index contributed by atoms with van der Waals surface area (Å²) >= 11 is 0. The molecule has 0 saturated heterocycles. The van der Waals surface area contributed by atoms with Crippen molar-refractivity contribution in [3.63, 3.8) is 0 Å². The summed E-state index contributed by atoms with van der Waals surface area (Å²) < 4.78 is 41.2. The number of carbonyl (C=O) groups excluding carboxylic acids is 1. The smallest absolute Gasteiger partial charge is 0.343 e. The molecule has 3 aromatic rings. The molecular formula is C25H26N2O6S. The monoisotopic (exact) mass is 482 g/mol. The predicted octanol–water partition coefficient (Wildman–Crippen LogP) is 4.32. The van der Waals surface area contributed by atoms with Gasteiger partial charge in [0, 0.05) is 0 Å². The third-order valence-corrected chi connectivity index (χ3v) is 5.83. The molecule has 3 aromatic carbocycles. The number of nitrogens with zero attached hydrogens (tertiary/aromatic N) is 1. The summed E-state index contributed by atoms with van der Waals surface area (Å²) in [4.78, 5) is 14.8. The minimum Gasteiger partial charge on any atom is -0.494 e. The third kappa shape index (κ3) is 6.58. The molecule has 34 heavy (non-hydrogen) atoms. The highest BCUT2D eigenvalue weighted by atomic mass is 32.2. The van der Waals surface area contributed by atoms with Gasteiger partial charge in [0.2, 0.25) is 0 Å². The van der Waals surface area contributed by atoms with E-state index in [1.807, 2.05) is 13.8 Å². The van der Waals surface area contributed by atoms with Gasteiger partial charge in [-0.2, -0.15) is 13.5 Å². The van der Waals surface area contributed by atoms with E-state index in [1.54, 1.807) is 61.5 Å².